The van der Waals surface area contributed by atoms with Crippen LogP contribution in [0.4, 0.5) is 17.1 Å². The van der Waals surface area contributed by atoms with Crippen LogP contribution < -0.4 is 20.7 Å². The Hall–Kier alpha value is -4.32. The number of nitro groups is 1. The van der Waals surface area contributed by atoms with Gasteiger partial charge in [0.1, 0.15) is 6.04 Å². The van der Waals surface area contributed by atoms with Crippen LogP contribution >= 0.6 is 0 Å². The van der Waals surface area contributed by atoms with Gasteiger partial charge in [-0.3, -0.25) is 34.7 Å². The number of nitrogens with zero attached hydrogens (tertiary/aromatic N) is 6. The second-order valence-electron chi connectivity index (χ2n) is 12.8. The molecule has 1 aromatic heterocycles. The number of likely N-dealkylation sites (tertiary alicyclic amines) is 1. The van der Waals surface area contributed by atoms with E-state index in [1.54, 1.807) is 18.3 Å². The average Bonchev–Trinajstić information content (AvgIpc) is 3.45. The van der Waals surface area contributed by atoms with E-state index in [2.05, 4.69) is 25.1 Å². The highest BCUT2D eigenvalue weighted by molar-refractivity contribution is 5.99. The Labute approximate surface area is 254 Å². The molecule has 4 aliphatic heterocycles. The van der Waals surface area contributed by atoms with Gasteiger partial charge in [-0.25, -0.2) is 4.68 Å². The van der Waals surface area contributed by atoms with Crippen LogP contribution in [0.2, 0.25) is 0 Å². The van der Waals surface area contributed by atoms with E-state index in [9.17, 15) is 24.5 Å². The summed E-state index contributed by atoms with van der Waals surface area (Å²) in [6.45, 7) is 6.16. The van der Waals surface area contributed by atoms with Gasteiger partial charge in [0.25, 0.3) is 17.2 Å². The summed E-state index contributed by atoms with van der Waals surface area (Å²) in [7, 11) is 0. The molecule has 1 spiro atoms. The smallest absolute Gasteiger partial charge is 0.275 e. The molecule has 7 rings (SSSR count). The van der Waals surface area contributed by atoms with Gasteiger partial charge >= 0.3 is 0 Å². The van der Waals surface area contributed by atoms with Crippen LogP contribution in [-0.2, 0) is 9.59 Å². The number of piperidine rings is 3. The second-order valence-corrected chi connectivity index (χ2v) is 12.8. The molecule has 5 heterocycles. The third-order valence-corrected chi connectivity index (χ3v) is 10.4. The number of nitro benzene ring substituents is 1. The van der Waals surface area contributed by atoms with Crippen LogP contribution in [0, 0.1) is 15.5 Å². The minimum Gasteiger partial charge on any atom is -0.371 e. The molecule has 0 aliphatic carbocycles. The zero-order chi connectivity index (χ0) is 30.4. The molecule has 230 valence electrons. The van der Waals surface area contributed by atoms with Crippen molar-refractivity contribution in [2.45, 2.75) is 57.0 Å². The van der Waals surface area contributed by atoms with Crippen molar-refractivity contribution in [2.24, 2.45) is 5.41 Å². The molecule has 0 bridgehead atoms. The molecule has 1 unspecified atom stereocenters. The van der Waals surface area contributed by atoms with E-state index in [1.807, 2.05) is 30.3 Å². The predicted octanol–water partition coefficient (Wildman–Crippen LogP) is 3.24. The van der Waals surface area contributed by atoms with Crippen molar-refractivity contribution < 1.29 is 14.5 Å². The molecule has 4 fully saturated rings. The summed E-state index contributed by atoms with van der Waals surface area (Å²) in [5, 5.41) is 18.9. The van der Waals surface area contributed by atoms with Crippen molar-refractivity contribution in [1.82, 2.24) is 20.0 Å². The molecule has 0 radical (unpaired) electrons. The fraction of sp³-hybridized carbons (Fsp3) is 0.500. The minimum atomic E-state index is -0.767. The van der Waals surface area contributed by atoms with Crippen molar-refractivity contribution in [3.63, 3.8) is 0 Å². The predicted molar refractivity (Wildman–Crippen MR) is 166 cm³/mol. The second kappa shape index (κ2) is 11.3. The zero-order valence-corrected chi connectivity index (χ0v) is 24.7. The first kappa shape index (κ1) is 28.5. The summed E-state index contributed by atoms with van der Waals surface area (Å²) >= 11 is 0. The number of benzene rings is 2. The summed E-state index contributed by atoms with van der Waals surface area (Å²) in [5.41, 5.74) is 2.31. The lowest BCUT2D eigenvalue weighted by molar-refractivity contribution is -0.384. The van der Waals surface area contributed by atoms with Gasteiger partial charge in [0.05, 0.1) is 16.5 Å². The number of aromatic nitrogens is 2. The molecular weight excluding hydrogens is 562 g/mol. The van der Waals surface area contributed by atoms with Gasteiger partial charge in [-0.1, -0.05) is 0 Å². The summed E-state index contributed by atoms with van der Waals surface area (Å²) < 4.78 is 1.21. The van der Waals surface area contributed by atoms with E-state index in [1.165, 1.54) is 11.1 Å². The average molecular weight is 600 g/mol. The molecule has 12 heteroatoms. The van der Waals surface area contributed by atoms with Gasteiger partial charge in [0.2, 0.25) is 5.91 Å². The molecule has 4 aliphatic rings. The van der Waals surface area contributed by atoms with E-state index >= 15 is 0 Å². The summed E-state index contributed by atoms with van der Waals surface area (Å²) in [4.78, 5) is 55.1. The lowest BCUT2D eigenvalue weighted by Crippen LogP contribution is -2.46. The maximum absolute atomic E-state index is 13.2. The Morgan fingerprint density at radius 1 is 0.864 bits per heavy atom. The van der Waals surface area contributed by atoms with Crippen LogP contribution in [-0.4, -0.2) is 76.7 Å². The molecule has 2 amide bonds. The largest absolute Gasteiger partial charge is 0.371 e. The number of fused-ring (bicyclic) bond motifs is 1. The SMILES string of the molecule is O=C1CCC(n2ncc3cc(N4CCC5(CC4)CCN(C4CCN(c6ccc([N+](=O)[O-])cc6)CC4)C5)ccc3c2=O)C(=O)N1. The Bertz CT molecular complexity index is 1660. The quantitative estimate of drug-likeness (QED) is 0.267. The fourth-order valence-electron chi connectivity index (χ4n) is 7.69. The summed E-state index contributed by atoms with van der Waals surface area (Å²) in [5.74, 6) is -0.798. The first-order valence-corrected chi connectivity index (χ1v) is 15.6. The van der Waals surface area contributed by atoms with Gasteiger partial charge in [-0.15, -0.1) is 0 Å². The molecule has 1 atom stereocenters. The number of non-ortho nitro benzene ring substituents is 1. The maximum Gasteiger partial charge on any atom is 0.275 e. The van der Waals surface area contributed by atoms with Crippen LogP contribution in [0.25, 0.3) is 10.8 Å². The molecule has 4 saturated heterocycles. The van der Waals surface area contributed by atoms with Crippen LogP contribution in [0.1, 0.15) is 51.0 Å². The highest BCUT2D eigenvalue weighted by atomic mass is 16.6. The van der Waals surface area contributed by atoms with E-state index in [0.717, 1.165) is 81.7 Å². The Morgan fingerprint density at radius 3 is 2.25 bits per heavy atom. The molecule has 44 heavy (non-hydrogen) atoms. The highest BCUT2D eigenvalue weighted by Crippen LogP contribution is 2.43. The monoisotopic (exact) mass is 599 g/mol. The summed E-state index contributed by atoms with van der Waals surface area (Å²) in [6.07, 6.45) is 7.83. The highest BCUT2D eigenvalue weighted by Gasteiger charge is 2.43. The lowest BCUT2D eigenvalue weighted by atomic mass is 9.77. The van der Waals surface area contributed by atoms with E-state index in [0.29, 0.717) is 16.8 Å². The standard InChI is InChI=1S/C32H37N7O5/c40-29-8-7-28(30(41)34-29)38-31(42)27-6-5-26(19-22(27)20-33-38)36-16-11-32(12-17-36)13-18-37(21-32)24-9-14-35(15-10-24)23-1-3-25(4-2-23)39(43)44/h1-6,19-20,24,28H,7-18,21H2,(H,34,40,41). The number of amides is 2. The number of hydrogen-bond acceptors (Lipinski definition) is 9. The first-order valence-electron chi connectivity index (χ1n) is 15.6. The third-order valence-electron chi connectivity index (χ3n) is 10.4. The number of carbonyl (C=O) groups is 2. The van der Waals surface area contributed by atoms with E-state index in [-0.39, 0.29) is 34.9 Å². The van der Waals surface area contributed by atoms with E-state index < -0.39 is 11.9 Å². The van der Waals surface area contributed by atoms with Gasteiger partial charge in [0.15, 0.2) is 0 Å². The van der Waals surface area contributed by atoms with Gasteiger partial charge in [-0.05, 0) is 80.8 Å². The molecule has 3 aromatic rings. The van der Waals surface area contributed by atoms with Crippen molar-refractivity contribution in [1.29, 1.82) is 0 Å². The first-order chi connectivity index (χ1) is 21.3. The Kier molecular flexibility index (Phi) is 7.31. The van der Waals surface area contributed by atoms with Crippen LogP contribution in [0.15, 0.2) is 53.5 Å². The number of rotatable bonds is 5. The van der Waals surface area contributed by atoms with E-state index in [4.69, 9.17) is 0 Å². The summed E-state index contributed by atoms with van der Waals surface area (Å²) in [6, 6.07) is 12.6. The van der Waals surface area contributed by atoms with Gasteiger partial charge < -0.3 is 9.80 Å². The fourth-order valence-corrected chi connectivity index (χ4v) is 7.69. The Morgan fingerprint density at radius 2 is 1.55 bits per heavy atom. The maximum atomic E-state index is 13.2. The normalized spacial score (nSPS) is 23.0. The number of imide groups is 1. The topological polar surface area (TPSA) is 134 Å². The minimum absolute atomic E-state index is 0.131. The zero-order valence-electron chi connectivity index (χ0n) is 24.7. The van der Waals surface area contributed by atoms with Crippen molar-refractivity contribution in [3.05, 3.63) is 69.1 Å². The molecule has 1 N–H and O–H groups in total. The van der Waals surface area contributed by atoms with Crippen LogP contribution in [0.3, 0.4) is 0 Å². The van der Waals surface area contributed by atoms with Gasteiger partial charge in [0, 0.05) is 74.1 Å². The molecular formula is C32H37N7O5. The van der Waals surface area contributed by atoms with Gasteiger partial charge in [-0.2, -0.15) is 5.10 Å². The number of hydrogen-bond donors (Lipinski definition) is 1. The number of carbonyl (C=O) groups excluding carboxylic acids is 2. The number of nitrogens with one attached hydrogen (secondary N) is 1. The van der Waals surface area contributed by atoms with Crippen LogP contribution in [0.5, 0.6) is 0 Å². The Balaban J connectivity index is 0.948. The molecule has 2 aromatic carbocycles. The third kappa shape index (κ3) is 5.31. The van der Waals surface area contributed by atoms with Crippen molar-refractivity contribution in [2.75, 3.05) is 49.1 Å². The van der Waals surface area contributed by atoms with Crippen molar-refractivity contribution >= 4 is 39.6 Å². The number of anilines is 2. The molecule has 12 nitrogen and oxygen atoms in total. The lowest BCUT2D eigenvalue weighted by Gasteiger charge is -2.42. The molecule has 0 saturated carbocycles. The van der Waals surface area contributed by atoms with Crippen molar-refractivity contribution in [3.8, 4) is 0 Å².